The number of carbonyl (C=O) groups is 2. The van der Waals surface area contributed by atoms with Crippen LogP contribution in [0.15, 0.2) is 24.3 Å². The zero-order valence-corrected chi connectivity index (χ0v) is 13.1. The monoisotopic (exact) mass is 321 g/mol. The Bertz CT molecular complexity index is 700. The number of carbonyl (C=O) groups excluding carboxylic acids is 2. The Hall–Kier alpha value is -2.28. The summed E-state index contributed by atoms with van der Waals surface area (Å²) in [6.07, 6.45) is 0. The van der Waals surface area contributed by atoms with Gasteiger partial charge in [0.2, 0.25) is 5.91 Å². The number of hydrogen-bond acceptors (Lipinski definition) is 4. The summed E-state index contributed by atoms with van der Waals surface area (Å²) in [6, 6.07) is 6.28. The molecule has 0 atom stereocenters. The normalized spacial score (nSPS) is 10.3. The fourth-order valence-electron chi connectivity index (χ4n) is 1.91. The molecular formula is C15H16FN3O2S. The lowest BCUT2D eigenvalue weighted by Crippen LogP contribution is -2.34. The first kappa shape index (κ1) is 16.1. The zero-order valence-electron chi connectivity index (χ0n) is 12.3. The summed E-state index contributed by atoms with van der Waals surface area (Å²) in [5, 5.41) is 5.93. The predicted molar refractivity (Wildman–Crippen MR) is 83.3 cm³/mol. The van der Waals surface area contributed by atoms with Crippen molar-refractivity contribution in [3.05, 3.63) is 40.8 Å². The van der Waals surface area contributed by atoms with Gasteiger partial charge in [-0.2, -0.15) is 0 Å². The van der Waals surface area contributed by atoms with Gasteiger partial charge in [0.05, 0.1) is 9.88 Å². The molecule has 0 bridgehead atoms. The van der Waals surface area contributed by atoms with Crippen molar-refractivity contribution in [3.63, 3.8) is 0 Å². The average Bonchev–Trinajstić information content (AvgIpc) is 2.85. The van der Waals surface area contributed by atoms with Crippen molar-refractivity contribution in [3.8, 4) is 10.4 Å². The minimum Gasteiger partial charge on any atom is -0.355 e. The highest BCUT2D eigenvalue weighted by Crippen LogP contribution is 2.31. The van der Waals surface area contributed by atoms with Gasteiger partial charge < -0.3 is 10.6 Å². The van der Waals surface area contributed by atoms with Crippen LogP contribution in [-0.2, 0) is 4.79 Å². The number of rotatable bonds is 5. The second-order valence-corrected chi connectivity index (χ2v) is 5.83. The van der Waals surface area contributed by atoms with Gasteiger partial charge in [-0.3, -0.25) is 9.59 Å². The molecule has 0 aliphatic rings. The van der Waals surface area contributed by atoms with Gasteiger partial charge in [0, 0.05) is 25.6 Å². The van der Waals surface area contributed by atoms with Crippen LogP contribution in [0.1, 0.15) is 22.4 Å². The Morgan fingerprint density at radius 1 is 1.23 bits per heavy atom. The highest BCUT2D eigenvalue weighted by atomic mass is 32.1. The number of nitrogens with zero attached hydrogens (tertiary/aromatic N) is 1. The third-order valence-electron chi connectivity index (χ3n) is 2.85. The quantitative estimate of drug-likeness (QED) is 0.829. The smallest absolute Gasteiger partial charge is 0.271 e. The number of amides is 2. The summed E-state index contributed by atoms with van der Waals surface area (Å²) >= 11 is 1.27. The molecule has 0 aliphatic carbocycles. The lowest BCUT2D eigenvalue weighted by Gasteiger charge is -2.06. The zero-order chi connectivity index (χ0) is 16.1. The van der Waals surface area contributed by atoms with Crippen LogP contribution in [0.25, 0.3) is 10.4 Å². The minimum absolute atomic E-state index is 0.161. The Balaban J connectivity index is 2.16. The molecule has 0 saturated heterocycles. The number of aromatic nitrogens is 1. The first-order chi connectivity index (χ1) is 10.5. The Kier molecular flexibility index (Phi) is 5.21. The molecule has 0 spiro atoms. The van der Waals surface area contributed by atoms with E-state index in [0.29, 0.717) is 22.0 Å². The number of halogens is 1. The van der Waals surface area contributed by atoms with Gasteiger partial charge in [-0.25, -0.2) is 9.37 Å². The van der Waals surface area contributed by atoms with E-state index in [2.05, 4.69) is 15.6 Å². The molecule has 2 aromatic rings. The number of aryl methyl sites for hydroxylation is 1. The van der Waals surface area contributed by atoms with Crippen molar-refractivity contribution in [2.75, 3.05) is 13.1 Å². The molecule has 116 valence electrons. The molecule has 0 unspecified atom stereocenters. The molecule has 0 fully saturated rings. The maximum absolute atomic E-state index is 13.9. The molecule has 2 N–H and O–H groups in total. The van der Waals surface area contributed by atoms with Gasteiger partial charge in [-0.1, -0.05) is 18.2 Å². The second-order valence-electron chi connectivity index (χ2n) is 4.63. The van der Waals surface area contributed by atoms with Crippen LogP contribution < -0.4 is 10.6 Å². The van der Waals surface area contributed by atoms with Crippen LogP contribution in [0, 0.1) is 12.7 Å². The van der Waals surface area contributed by atoms with Gasteiger partial charge in [-0.05, 0) is 13.0 Å². The molecule has 7 heteroatoms. The van der Waals surface area contributed by atoms with Crippen LogP contribution in [0.2, 0.25) is 0 Å². The van der Waals surface area contributed by atoms with E-state index in [1.54, 1.807) is 25.1 Å². The predicted octanol–water partition coefficient (Wildman–Crippen LogP) is 2.12. The first-order valence-corrected chi connectivity index (χ1v) is 7.55. The van der Waals surface area contributed by atoms with Gasteiger partial charge in [0.1, 0.15) is 11.5 Å². The third-order valence-corrected chi connectivity index (χ3v) is 3.86. The van der Waals surface area contributed by atoms with E-state index < -0.39 is 5.82 Å². The van der Waals surface area contributed by atoms with Crippen molar-refractivity contribution in [1.82, 2.24) is 15.6 Å². The van der Waals surface area contributed by atoms with E-state index >= 15 is 0 Å². The van der Waals surface area contributed by atoms with E-state index in [0.717, 1.165) is 0 Å². The molecule has 5 nitrogen and oxygen atoms in total. The van der Waals surface area contributed by atoms with Crippen LogP contribution >= 0.6 is 11.3 Å². The van der Waals surface area contributed by atoms with Crippen LogP contribution in [0.4, 0.5) is 4.39 Å². The molecule has 0 saturated carbocycles. The molecular weight excluding hydrogens is 305 g/mol. The summed E-state index contributed by atoms with van der Waals surface area (Å²) in [5.74, 6) is -0.933. The standard InChI is InChI=1S/C15H16FN3O2S/c1-9(20)17-7-8-18-15(21)13-14(22-10(2)19-13)11-5-3-4-6-12(11)16/h3-6H,7-8H2,1-2H3,(H,17,20)(H,18,21). The number of nitrogens with one attached hydrogen (secondary N) is 2. The highest BCUT2D eigenvalue weighted by molar-refractivity contribution is 7.15. The molecule has 2 amide bonds. The van der Waals surface area contributed by atoms with Crippen molar-refractivity contribution in [2.45, 2.75) is 13.8 Å². The summed E-state index contributed by atoms with van der Waals surface area (Å²) in [6.45, 7) is 3.79. The number of benzene rings is 1. The van der Waals surface area contributed by atoms with Crippen molar-refractivity contribution in [2.24, 2.45) is 0 Å². The lowest BCUT2D eigenvalue weighted by atomic mass is 10.1. The molecule has 0 aliphatic heterocycles. The molecule has 1 aromatic carbocycles. The summed E-state index contributed by atoms with van der Waals surface area (Å²) < 4.78 is 13.9. The Morgan fingerprint density at radius 3 is 2.59 bits per heavy atom. The minimum atomic E-state index is -0.390. The third kappa shape index (κ3) is 3.88. The molecule has 1 heterocycles. The van der Waals surface area contributed by atoms with Gasteiger partial charge >= 0.3 is 0 Å². The fraction of sp³-hybridized carbons (Fsp3) is 0.267. The van der Waals surface area contributed by atoms with Crippen LogP contribution in [0.5, 0.6) is 0 Å². The van der Waals surface area contributed by atoms with Crippen molar-refractivity contribution in [1.29, 1.82) is 0 Å². The van der Waals surface area contributed by atoms with Crippen molar-refractivity contribution < 1.29 is 14.0 Å². The van der Waals surface area contributed by atoms with Crippen molar-refractivity contribution >= 4 is 23.2 Å². The van der Waals surface area contributed by atoms with Gasteiger partial charge in [-0.15, -0.1) is 11.3 Å². The summed E-state index contributed by atoms with van der Waals surface area (Å²) in [7, 11) is 0. The second kappa shape index (κ2) is 7.13. The van der Waals surface area contributed by atoms with Crippen LogP contribution in [-0.4, -0.2) is 29.9 Å². The van der Waals surface area contributed by atoms with E-state index in [4.69, 9.17) is 0 Å². The molecule has 2 rings (SSSR count). The Morgan fingerprint density at radius 2 is 1.91 bits per heavy atom. The molecule has 22 heavy (non-hydrogen) atoms. The fourth-order valence-corrected chi connectivity index (χ4v) is 2.85. The van der Waals surface area contributed by atoms with Gasteiger partial charge in [0.15, 0.2) is 0 Å². The van der Waals surface area contributed by atoms with Crippen LogP contribution in [0.3, 0.4) is 0 Å². The maximum atomic E-state index is 13.9. The summed E-state index contributed by atoms with van der Waals surface area (Å²) in [5.41, 5.74) is 0.565. The number of thiazole rings is 1. The maximum Gasteiger partial charge on any atom is 0.271 e. The molecule has 1 aromatic heterocycles. The van der Waals surface area contributed by atoms with E-state index in [-0.39, 0.29) is 24.1 Å². The Labute approximate surface area is 131 Å². The van der Waals surface area contributed by atoms with E-state index in [9.17, 15) is 14.0 Å². The molecule has 0 radical (unpaired) electrons. The lowest BCUT2D eigenvalue weighted by molar-refractivity contribution is -0.118. The SMILES string of the molecule is CC(=O)NCCNC(=O)c1nc(C)sc1-c1ccccc1F. The first-order valence-electron chi connectivity index (χ1n) is 6.74. The van der Waals surface area contributed by atoms with E-state index in [1.807, 2.05) is 0 Å². The topological polar surface area (TPSA) is 71.1 Å². The number of hydrogen-bond donors (Lipinski definition) is 2. The highest BCUT2D eigenvalue weighted by Gasteiger charge is 2.20. The van der Waals surface area contributed by atoms with E-state index in [1.165, 1.54) is 24.3 Å². The van der Waals surface area contributed by atoms with Gasteiger partial charge in [0.25, 0.3) is 5.91 Å². The average molecular weight is 321 g/mol. The largest absolute Gasteiger partial charge is 0.355 e. The summed E-state index contributed by atoms with van der Waals surface area (Å²) in [4.78, 5) is 27.7.